The number of rotatable bonds is 2. The van der Waals surface area contributed by atoms with Crippen molar-refractivity contribution in [2.45, 2.75) is 6.04 Å². The lowest BCUT2D eigenvalue weighted by atomic mass is 10.1. The van der Waals surface area contributed by atoms with Crippen LogP contribution in [0.1, 0.15) is 11.6 Å². The number of nitrogens with two attached hydrogens (primary N) is 1. The quantitative estimate of drug-likeness (QED) is 0.787. The summed E-state index contributed by atoms with van der Waals surface area (Å²) in [5.74, 6) is -1.11. The van der Waals surface area contributed by atoms with Crippen molar-refractivity contribution in [3.63, 3.8) is 0 Å². The average molecular weight is 246 g/mol. The van der Waals surface area contributed by atoms with Crippen molar-refractivity contribution in [3.8, 4) is 5.75 Å². The van der Waals surface area contributed by atoms with E-state index in [0.717, 1.165) is 0 Å². The molecule has 0 unspecified atom stereocenters. The lowest BCUT2D eigenvalue weighted by Crippen LogP contribution is -2.08. The molecule has 2 nitrogen and oxygen atoms in total. The Hall–Kier alpha value is -0.870. The number of phenols is 1. The van der Waals surface area contributed by atoms with Gasteiger partial charge < -0.3 is 10.8 Å². The lowest BCUT2D eigenvalue weighted by Gasteiger charge is -2.11. The van der Waals surface area contributed by atoms with Crippen LogP contribution in [-0.4, -0.2) is 5.11 Å². The van der Waals surface area contributed by atoms with Crippen LogP contribution in [0.5, 0.6) is 5.75 Å². The number of benzene rings is 1. The van der Waals surface area contributed by atoms with Crippen LogP contribution in [0.3, 0.4) is 0 Å². The predicted molar refractivity (Wildman–Crippen MR) is 52.9 cm³/mol. The Bertz CT molecular complexity index is 341. The van der Waals surface area contributed by atoms with Crippen molar-refractivity contribution < 1.29 is 9.50 Å². The third-order valence-corrected chi connectivity index (χ3v) is 2.39. The monoisotopic (exact) mass is 245 g/mol. The van der Waals surface area contributed by atoms with Gasteiger partial charge in [-0.3, -0.25) is 0 Å². The third kappa shape index (κ3) is 1.89. The summed E-state index contributed by atoms with van der Waals surface area (Å²) in [5.41, 5.74) is 5.90. The summed E-state index contributed by atoms with van der Waals surface area (Å²) >= 11 is 3.17. The van der Waals surface area contributed by atoms with Crippen LogP contribution in [0, 0.1) is 5.82 Å². The van der Waals surface area contributed by atoms with Crippen LogP contribution in [-0.2, 0) is 0 Å². The molecule has 1 aromatic rings. The van der Waals surface area contributed by atoms with E-state index in [2.05, 4.69) is 22.5 Å². The summed E-state index contributed by atoms with van der Waals surface area (Å²) in [6, 6.07) is 2.08. The Morgan fingerprint density at radius 1 is 1.62 bits per heavy atom. The summed E-state index contributed by atoms with van der Waals surface area (Å²) in [6.07, 6.45) is 1.43. The highest BCUT2D eigenvalue weighted by Crippen LogP contribution is 2.33. The molecule has 0 saturated carbocycles. The fourth-order valence-electron chi connectivity index (χ4n) is 0.992. The second kappa shape index (κ2) is 3.89. The SMILES string of the molecule is C=C[C@H](N)c1c(Br)ccc(F)c1O. The molecule has 1 aromatic carbocycles. The molecule has 0 spiro atoms. The Balaban J connectivity index is 3.32. The van der Waals surface area contributed by atoms with Gasteiger partial charge in [-0.1, -0.05) is 22.0 Å². The summed E-state index contributed by atoms with van der Waals surface area (Å²) in [5, 5.41) is 9.35. The van der Waals surface area contributed by atoms with Gasteiger partial charge in [0, 0.05) is 10.0 Å². The number of halogens is 2. The number of phenolic OH excluding ortho intramolecular Hbond substituents is 1. The van der Waals surface area contributed by atoms with Gasteiger partial charge in [0.25, 0.3) is 0 Å². The van der Waals surface area contributed by atoms with E-state index in [1.165, 1.54) is 18.2 Å². The Morgan fingerprint density at radius 2 is 2.23 bits per heavy atom. The first-order valence-corrected chi connectivity index (χ1v) is 4.42. The molecule has 70 valence electrons. The van der Waals surface area contributed by atoms with E-state index in [4.69, 9.17) is 5.73 Å². The van der Waals surface area contributed by atoms with E-state index < -0.39 is 17.6 Å². The molecule has 0 amide bonds. The standard InChI is InChI=1S/C9H9BrFNO/c1-2-7(12)8-5(10)3-4-6(11)9(8)13/h2-4,7,13H,1,12H2/t7-/m0/s1. The fraction of sp³-hybridized carbons (Fsp3) is 0.111. The van der Waals surface area contributed by atoms with E-state index in [-0.39, 0.29) is 0 Å². The topological polar surface area (TPSA) is 46.2 Å². The first-order valence-electron chi connectivity index (χ1n) is 3.63. The molecule has 0 heterocycles. The smallest absolute Gasteiger partial charge is 0.165 e. The molecule has 1 atom stereocenters. The van der Waals surface area contributed by atoms with Crippen LogP contribution >= 0.6 is 15.9 Å². The van der Waals surface area contributed by atoms with Crippen LogP contribution in [0.15, 0.2) is 29.3 Å². The van der Waals surface area contributed by atoms with Gasteiger partial charge in [0.2, 0.25) is 0 Å². The highest BCUT2D eigenvalue weighted by atomic mass is 79.9. The molecule has 4 heteroatoms. The van der Waals surface area contributed by atoms with Gasteiger partial charge in [-0.05, 0) is 12.1 Å². The Kier molecular flexibility index (Phi) is 3.06. The van der Waals surface area contributed by atoms with Crippen molar-refractivity contribution in [1.29, 1.82) is 0 Å². The number of aromatic hydroxyl groups is 1. The summed E-state index contributed by atoms with van der Waals surface area (Å²) < 4.78 is 13.5. The maximum Gasteiger partial charge on any atom is 0.165 e. The number of hydrogen-bond acceptors (Lipinski definition) is 2. The zero-order valence-electron chi connectivity index (χ0n) is 6.80. The molecule has 0 saturated heterocycles. The predicted octanol–water partition coefficient (Wildman–Crippen LogP) is 2.48. The second-order valence-corrected chi connectivity index (χ2v) is 3.41. The van der Waals surface area contributed by atoms with Gasteiger partial charge in [-0.25, -0.2) is 4.39 Å². The van der Waals surface area contributed by atoms with Gasteiger partial charge in [-0.15, -0.1) is 6.58 Å². The zero-order valence-corrected chi connectivity index (χ0v) is 8.38. The highest BCUT2D eigenvalue weighted by Gasteiger charge is 2.15. The van der Waals surface area contributed by atoms with E-state index in [0.29, 0.717) is 10.0 Å². The molecule has 13 heavy (non-hydrogen) atoms. The van der Waals surface area contributed by atoms with Gasteiger partial charge in [0.15, 0.2) is 11.6 Å². The van der Waals surface area contributed by atoms with Crippen molar-refractivity contribution >= 4 is 15.9 Å². The van der Waals surface area contributed by atoms with E-state index in [1.807, 2.05) is 0 Å². The van der Waals surface area contributed by atoms with Gasteiger partial charge in [0.05, 0.1) is 6.04 Å². The summed E-state index contributed by atoms with van der Waals surface area (Å²) in [4.78, 5) is 0. The molecule has 1 rings (SSSR count). The van der Waals surface area contributed by atoms with Crippen molar-refractivity contribution in [2.75, 3.05) is 0 Å². The Labute approximate surface area is 84.0 Å². The summed E-state index contributed by atoms with van der Waals surface area (Å²) in [7, 11) is 0. The average Bonchev–Trinajstić information content (AvgIpc) is 2.12. The number of hydrogen-bond donors (Lipinski definition) is 2. The lowest BCUT2D eigenvalue weighted by molar-refractivity contribution is 0.423. The maximum absolute atomic E-state index is 12.9. The van der Waals surface area contributed by atoms with Gasteiger partial charge in [-0.2, -0.15) is 0 Å². The molecule has 0 bridgehead atoms. The minimum absolute atomic E-state index is 0.315. The molecule has 0 radical (unpaired) electrons. The fourth-order valence-corrected chi connectivity index (χ4v) is 1.58. The molecular weight excluding hydrogens is 237 g/mol. The van der Waals surface area contributed by atoms with Gasteiger partial charge in [0.1, 0.15) is 0 Å². The molecule has 0 fully saturated rings. The van der Waals surface area contributed by atoms with E-state index in [1.54, 1.807) is 0 Å². The van der Waals surface area contributed by atoms with Crippen molar-refractivity contribution in [1.82, 2.24) is 0 Å². The molecule has 3 N–H and O–H groups in total. The first-order chi connectivity index (χ1) is 6.07. The van der Waals surface area contributed by atoms with Crippen LogP contribution < -0.4 is 5.73 Å². The van der Waals surface area contributed by atoms with Crippen molar-refractivity contribution in [3.05, 3.63) is 40.6 Å². The van der Waals surface area contributed by atoms with E-state index >= 15 is 0 Å². The maximum atomic E-state index is 12.9. The van der Waals surface area contributed by atoms with Gasteiger partial charge >= 0.3 is 0 Å². The van der Waals surface area contributed by atoms with Crippen LogP contribution in [0.25, 0.3) is 0 Å². The normalized spacial score (nSPS) is 12.5. The minimum Gasteiger partial charge on any atom is -0.505 e. The molecule has 0 aliphatic rings. The Morgan fingerprint density at radius 3 is 2.77 bits per heavy atom. The zero-order chi connectivity index (χ0) is 10.0. The molecule has 0 aliphatic heterocycles. The molecule has 0 aliphatic carbocycles. The third-order valence-electron chi connectivity index (χ3n) is 1.70. The molecular formula is C9H9BrFNO. The van der Waals surface area contributed by atoms with Crippen LogP contribution in [0.2, 0.25) is 0 Å². The minimum atomic E-state index is -0.685. The van der Waals surface area contributed by atoms with Crippen molar-refractivity contribution in [2.24, 2.45) is 5.73 Å². The first kappa shape index (κ1) is 10.2. The summed E-state index contributed by atoms with van der Waals surface area (Å²) in [6.45, 7) is 3.47. The largest absolute Gasteiger partial charge is 0.505 e. The van der Waals surface area contributed by atoms with E-state index in [9.17, 15) is 9.50 Å². The van der Waals surface area contributed by atoms with Crippen LogP contribution in [0.4, 0.5) is 4.39 Å². The second-order valence-electron chi connectivity index (χ2n) is 2.55. The molecule has 0 aromatic heterocycles. The highest BCUT2D eigenvalue weighted by molar-refractivity contribution is 9.10.